The van der Waals surface area contributed by atoms with Crippen molar-refractivity contribution in [2.45, 2.75) is 31.9 Å². The Morgan fingerprint density at radius 3 is 2.19 bits per heavy atom. The van der Waals surface area contributed by atoms with Gasteiger partial charge in [0.2, 0.25) is 0 Å². The quantitative estimate of drug-likeness (QED) is 0.582. The van der Waals surface area contributed by atoms with E-state index in [2.05, 4.69) is 9.50 Å². The second kappa shape index (κ2) is 9.21. The molecule has 0 aromatic rings. The lowest BCUT2D eigenvalue weighted by molar-refractivity contribution is -0.192. The summed E-state index contributed by atoms with van der Waals surface area (Å²) in [7, 11) is -3.24. The van der Waals surface area contributed by atoms with Crippen molar-refractivity contribution < 1.29 is 35.7 Å². The number of piperidine rings is 1. The average Bonchev–Trinajstić information content (AvgIpc) is 2.34. The topological polar surface area (TPSA) is 92.7 Å². The van der Waals surface area contributed by atoms with Crippen molar-refractivity contribution in [1.29, 1.82) is 0 Å². The molecule has 1 aliphatic rings. The Bertz CT molecular complexity index is 405. The molecule has 0 saturated carbocycles. The van der Waals surface area contributed by atoms with E-state index in [1.165, 1.54) is 12.8 Å². The molecule has 1 fully saturated rings. The SMILES string of the molecule is CS(=O)(=O)OCCCC1CCNCC1.O=C(O)C(F)(F)F. The smallest absolute Gasteiger partial charge is 0.475 e. The van der Waals surface area contributed by atoms with Crippen molar-refractivity contribution in [3.05, 3.63) is 0 Å². The van der Waals surface area contributed by atoms with E-state index < -0.39 is 22.3 Å². The van der Waals surface area contributed by atoms with Gasteiger partial charge in [0.15, 0.2) is 0 Å². The number of nitrogens with one attached hydrogen (secondary N) is 1. The van der Waals surface area contributed by atoms with Gasteiger partial charge in [0.25, 0.3) is 10.1 Å². The fourth-order valence-corrected chi connectivity index (χ4v) is 2.17. The molecular formula is C11H20F3NO5S. The van der Waals surface area contributed by atoms with Gasteiger partial charge in [-0.25, -0.2) is 4.79 Å². The number of alkyl halides is 3. The van der Waals surface area contributed by atoms with E-state index in [1.807, 2.05) is 0 Å². The Balaban J connectivity index is 0.000000486. The zero-order valence-corrected chi connectivity index (χ0v) is 12.5. The molecule has 126 valence electrons. The van der Waals surface area contributed by atoms with Crippen molar-refractivity contribution in [2.75, 3.05) is 26.0 Å². The number of carboxylic acid groups (broad SMARTS) is 1. The highest BCUT2D eigenvalue weighted by atomic mass is 32.2. The highest BCUT2D eigenvalue weighted by Crippen LogP contribution is 2.17. The van der Waals surface area contributed by atoms with E-state index in [0.29, 0.717) is 6.61 Å². The van der Waals surface area contributed by atoms with Crippen LogP contribution in [-0.4, -0.2) is 51.6 Å². The molecule has 0 atom stereocenters. The van der Waals surface area contributed by atoms with Crippen LogP contribution in [0.25, 0.3) is 0 Å². The molecule has 0 unspecified atom stereocenters. The van der Waals surface area contributed by atoms with E-state index in [-0.39, 0.29) is 0 Å². The van der Waals surface area contributed by atoms with Crippen molar-refractivity contribution in [1.82, 2.24) is 5.32 Å². The summed E-state index contributed by atoms with van der Waals surface area (Å²) in [5.74, 6) is -2.01. The lowest BCUT2D eigenvalue weighted by Gasteiger charge is -2.22. The van der Waals surface area contributed by atoms with Gasteiger partial charge in [-0.1, -0.05) is 0 Å². The second-order valence-electron chi connectivity index (χ2n) is 4.66. The molecular weight excluding hydrogens is 315 g/mol. The molecule has 0 aromatic carbocycles. The molecule has 0 aromatic heterocycles. The van der Waals surface area contributed by atoms with Gasteiger partial charge in [0, 0.05) is 0 Å². The highest BCUT2D eigenvalue weighted by molar-refractivity contribution is 7.85. The summed E-state index contributed by atoms with van der Waals surface area (Å²) in [6, 6.07) is 0. The number of carboxylic acids is 1. The molecule has 0 bridgehead atoms. The first kappa shape index (κ1) is 20.1. The van der Waals surface area contributed by atoms with Crippen molar-refractivity contribution in [3.63, 3.8) is 0 Å². The number of halogens is 3. The van der Waals surface area contributed by atoms with E-state index in [1.54, 1.807) is 0 Å². The molecule has 1 heterocycles. The first-order chi connectivity index (χ1) is 9.52. The maximum absolute atomic E-state index is 10.7. The molecule has 2 N–H and O–H groups in total. The van der Waals surface area contributed by atoms with Crippen LogP contribution in [0.1, 0.15) is 25.7 Å². The van der Waals surface area contributed by atoms with E-state index in [4.69, 9.17) is 9.90 Å². The van der Waals surface area contributed by atoms with Crippen molar-refractivity contribution in [2.24, 2.45) is 5.92 Å². The van der Waals surface area contributed by atoms with Crippen molar-refractivity contribution >= 4 is 16.1 Å². The van der Waals surface area contributed by atoms with Crippen molar-refractivity contribution in [3.8, 4) is 0 Å². The molecule has 0 radical (unpaired) electrons. The van der Waals surface area contributed by atoms with Gasteiger partial charge in [-0.2, -0.15) is 21.6 Å². The molecule has 1 rings (SSSR count). The lowest BCUT2D eigenvalue weighted by atomic mass is 9.93. The zero-order valence-electron chi connectivity index (χ0n) is 11.6. The monoisotopic (exact) mass is 335 g/mol. The minimum atomic E-state index is -5.08. The third-order valence-corrected chi connectivity index (χ3v) is 3.35. The summed E-state index contributed by atoms with van der Waals surface area (Å²) in [6.07, 6.45) is 0.351. The molecule has 21 heavy (non-hydrogen) atoms. The number of hydrogen-bond acceptors (Lipinski definition) is 5. The maximum Gasteiger partial charge on any atom is 0.490 e. The summed E-state index contributed by atoms with van der Waals surface area (Å²) >= 11 is 0. The maximum atomic E-state index is 10.7. The number of hydrogen-bond donors (Lipinski definition) is 2. The van der Waals surface area contributed by atoms with Crippen LogP contribution in [0.2, 0.25) is 0 Å². The van der Waals surface area contributed by atoms with Crippen LogP contribution in [0.3, 0.4) is 0 Å². The first-order valence-corrected chi connectivity index (χ1v) is 8.19. The van der Waals surface area contributed by atoms with Gasteiger partial charge >= 0.3 is 12.1 Å². The minimum absolute atomic E-state index is 0.336. The largest absolute Gasteiger partial charge is 0.490 e. The van der Waals surface area contributed by atoms with Gasteiger partial charge in [-0.3, -0.25) is 4.18 Å². The van der Waals surface area contributed by atoms with Crippen LogP contribution in [0.15, 0.2) is 0 Å². The summed E-state index contributed by atoms with van der Waals surface area (Å²) < 4.78 is 57.7. The third kappa shape index (κ3) is 12.6. The Labute approximate surface area is 121 Å². The molecule has 10 heteroatoms. The fourth-order valence-electron chi connectivity index (χ4n) is 1.75. The Kier molecular flexibility index (Phi) is 8.83. The molecule has 0 spiro atoms. The van der Waals surface area contributed by atoms with Crippen LogP contribution in [-0.2, 0) is 19.1 Å². The van der Waals surface area contributed by atoms with Crippen LogP contribution >= 0.6 is 0 Å². The standard InChI is InChI=1S/C9H19NO3S.C2HF3O2/c1-14(11,12)13-8-2-3-9-4-6-10-7-5-9;3-2(4,5)1(6)7/h9-10H,2-8H2,1H3;(H,6,7). The molecule has 0 amide bonds. The summed E-state index contributed by atoms with van der Waals surface area (Å²) in [5, 5.41) is 10.4. The zero-order chi connectivity index (χ0) is 16.5. The lowest BCUT2D eigenvalue weighted by Crippen LogP contribution is -2.27. The molecule has 0 aliphatic carbocycles. The third-order valence-electron chi connectivity index (χ3n) is 2.76. The Morgan fingerprint density at radius 1 is 1.33 bits per heavy atom. The highest BCUT2D eigenvalue weighted by Gasteiger charge is 2.38. The summed E-state index contributed by atoms with van der Waals surface area (Å²) in [6.45, 7) is 2.53. The fraction of sp³-hybridized carbons (Fsp3) is 0.909. The number of rotatable bonds is 5. The summed E-state index contributed by atoms with van der Waals surface area (Å²) in [4.78, 5) is 8.90. The van der Waals surface area contributed by atoms with Crippen LogP contribution in [0, 0.1) is 5.92 Å². The van der Waals surface area contributed by atoms with Gasteiger partial charge in [0.05, 0.1) is 12.9 Å². The van der Waals surface area contributed by atoms with Crippen LogP contribution in [0.5, 0.6) is 0 Å². The number of aliphatic carboxylic acids is 1. The minimum Gasteiger partial charge on any atom is -0.475 e. The van der Waals surface area contributed by atoms with Crippen LogP contribution < -0.4 is 5.32 Å². The van der Waals surface area contributed by atoms with Gasteiger partial charge in [-0.05, 0) is 44.7 Å². The predicted molar refractivity (Wildman–Crippen MR) is 69.3 cm³/mol. The first-order valence-electron chi connectivity index (χ1n) is 6.37. The van der Waals surface area contributed by atoms with Gasteiger partial charge < -0.3 is 10.4 Å². The molecule has 1 saturated heterocycles. The Morgan fingerprint density at radius 2 is 1.81 bits per heavy atom. The van der Waals surface area contributed by atoms with Gasteiger partial charge in [0.1, 0.15) is 0 Å². The second-order valence-corrected chi connectivity index (χ2v) is 6.31. The van der Waals surface area contributed by atoms with Crippen LogP contribution in [0.4, 0.5) is 13.2 Å². The summed E-state index contributed by atoms with van der Waals surface area (Å²) in [5.41, 5.74) is 0. The Hall–Kier alpha value is -0.870. The average molecular weight is 335 g/mol. The normalized spacial score (nSPS) is 17.0. The van der Waals surface area contributed by atoms with Gasteiger partial charge in [-0.15, -0.1) is 0 Å². The predicted octanol–water partition coefficient (Wildman–Crippen LogP) is 1.38. The number of carbonyl (C=O) groups is 1. The molecule has 1 aliphatic heterocycles. The van der Waals surface area contributed by atoms with E-state index in [0.717, 1.165) is 38.1 Å². The molecule has 6 nitrogen and oxygen atoms in total. The van der Waals surface area contributed by atoms with E-state index >= 15 is 0 Å². The van der Waals surface area contributed by atoms with E-state index in [9.17, 15) is 21.6 Å².